The standard InChI is InChI=1S/C14H15BrN2O3S/c1-10-7-12(15)8-13(21(16,18)19)14(10)20-6-4-11-3-2-5-17-9-11/h2-3,5,7-9H,4,6H2,1H3,(H2,16,18,19). The Hall–Kier alpha value is -1.44. The molecule has 112 valence electrons. The van der Waals surface area contributed by atoms with E-state index in [1.165, 1.54) is 6.07 Å². The first-order valence-electron chi connectivity index (χ1n) is 6.22. The third kappa shape index (κ3) is 4.26. The maximum Gasteiger partial charge on any atom is 0.241 e. The van der Waals surface area contributed by atoms with E-state index < -0.39 is 10.0 Å². The van der Waals surface area contributed by atoms with E-state index in [0.29, 0.717) is 28.8 Å². The molecule has 0 unspecified atom stereocenters. The van der Waals surface area contributed by atoms with Crippen molar-refractivity contribution in [3.8, 4) is 5.75 Å². The van der Waals surface area contributed by atoms with Crippen molar-refractivity contribution >= 4 is 26.0 Å². The molecule has 0 fully saturated rings. The van der Waals surface area contributed by atoms with Crippen molar-refractivity contribution in [3.05, 3.63) is 52.3 Å². The number of rotatable bonds is 5. The van der Waals surface area contributed by atoms with Gasteiger partial charge in [0.15, 0.2) is 0 Å². The predicted octanol–water partition coefficient (Wildman–Crippen LogP) is 2.42. The molecule has 7 heteroatoms. The molecule has 1 heterocycles. The average molecular weight is 371 g/mol. The van der Waals surface area contributed by atoms with Gasteiger partial charge in [0.25, 0.3) is 0 Å². The number of ether oxygens (including phenoxy) is 1. The Morgan fingerprint density at radius 2 is 2.14 bits per heavy atom. The van der Waals surface area contributed by atoms with Gasteiger partial charge in [-0.1, -0.05) is 22.0 Å². The number of sulfonamides is 1. The summed E-state index contributed by atoms with van der Waals surface area (Å²) in [7, 11) is -3.84. The minimum Gasteiger partial charge on any atom is -0.492 e. The van der Waals surface area contributed by atoms with Crippen molar-refractivity contribution in [1.29, 1.82) is 0 Å². The van der Waals surface area contributed by atoms with Crippen molar-refractivity contribution in [2.75, 3.05) is 6.61 Å². The zero-order valence-electron chi connectivity index (χ0n) is 11.4. The number of aromatic nitrogens is 1. The molecule has 0 radical (unpaired) electrons. The van der Waals surface area contributed by atoms with Gasteiger partial charge in [-0.25, -0.2) is 13.6 Å². The molecule has 2 aromatic rings. The average Bonchev–Trinajstić information content (AvgIpc) is 2.41. The lowest BCUT2D eigenvalue weighted by atomic mass is 10.2. The van der Waals surface area contributed by atoms with Crippen molar-refractivity contribution in [2.45, 2.75) is 18.2 Å². The second kappa shape index (κ2) is 6.55. The molecule has 0 aliphatic carbocycles. The molecule has 0 aliphatic heterocycles. The van der Waals surface area contributed by atoms with Gasteiger partial charge in [-0.05, 0) is 36.2 Å². The van der Waals surface area contributed by atoms with Crippen LogP contribution in [0.4, 0.5) is 0 Å². The van der Waals surface area contributed by atoms with Crippen LogP contribution in [0.3, 0.4) is 0 Å². The van der Waals surface area contributed by atoms with Gasteiger partial charge in [-0.15, -0.1) is 0 Å². The number of primary sulfonamides is 1. The normalized spacial score (nSPS) is 11.4. The Balaban J connectivity index is 2.20. The second-order valence-corrected chi connectivity index (χ2v) is 7.00. The number of hydrogen-bond acceptors (Lipinski definition) is 4. The largest absolute Gasteiger partial charge is 0.492 e. The highest BCUT2D eigenvalue weighted by Gasteiger charge is 2.18. The minimum absolute atomic E-state index is 0.0134. The van der Waals surface area contributed by atoms with Gasteiger partial charge in [-0.3, -0.25) is 4.98 Å². The van der Waals surface area contributed by atoms with Crippen molar-refractivity contribution < 1.29 is 13.2 Å². The molecule has 2 rings (SSSR count). The fourth-order valence-corrected chi connectivity index (χ4v) is 3.41. The molecular formula is C14H15BrN2O3S. The van der Waals surface area contributed by atoms with E-state index in [-0.39, 0.29) is 4.90 Å². The van der Waals surface area contributed by atoms with E-state index in [2.05, 4.69) is 20.9 Å². The SMILES string of the molecule is Cc1cc(Br)cc(S(N)(=O)=O)c1OCCc1cccnc1. The summed E-state index contributed by atoms with van der Waals surface area (Å²) in [5, 5.41) is 5.24. The van der Waals surface area contributed by atoms with Gasteiger partial charge in [0.05, 0.1) is 6.61 Å². The molecule has 2 N–H and O–H groups in total. The fourth-order valence-electron chi connectivity index (χ4n) is 1.91. The summed E-state index contributed by atoms with van der Waals surface area (Å²) in [6.07, 6.45) is 4.08. The van der Waals surface area contributed by atoms with Crippen LogP contribution in [0.15, 0.2) is 46.0 Å². The Morgan fingerprint density at radius 1 is 1.38 bits per heavy atom. The van der Waals surface area contributed by atoms with Crippen LogP contribution >= 0.6 is 15.9 Å². The van der Waals surface area contributed by atoms with Crippen LogP contribution in [0, 0.1) is 6.92 Å². The molecule has 0 amide bonds. The lowest BCUT2D eigenvalue weighted by Crippen LogP contribution is -2.15. The number of nitrogens with zero attached hydrogens (tertiary/aromatic N) is 1. The van der Waals surface area contributed by atoms with E-state index >= 15 is 0 Å². The molecule has 0 saturated carbocycles. The number of halogens is 1. The molecular weight excluding hydrogens is 356 g/mol. The van der Waals surface area contributed by atoms with Gasteiger partial charge in [0, 0.05) is 23.3 Å². The highest BCUT2D eigenvalue weighted by Crippen LogP contribution is 2.31. The molecule has 5 nitrogen and oxygen atoms in total. The van der Waals surface area contributed by atoms with Crippen molar-refractivity contribution in [3.63, 3.8) is 0 Å². The number of benzene rings is 1. The summed E-state index contributed by atoms with van der Waals surface area (Å²) in [5.41, 5.74) is 1.73. The van der Waals surface area contributed by atoms with Gasteiger partial charge < -0.3 is 4.74 Å². The van der Waals surface area contributed by atoms with Crippen LogP contribution in [-0.4, -0.2) is 20.0 Å². The summed E-state index contributed by atoms with van der Waals surface area (Å²) in [4.78, 5) is 4.01. The van der Waals surface area contributed by atoms with E-state index in [1.54, 1.807) is 25.4 Å². The third-order valence-corrected chi connectivity index (χ3v) is 4.25. The quantitative estimate of drug-likeness (QED) is 0.875. The smallest absolute Gasteiger partial charge is 0.241 e. The van der Waals surface area contributed by atoms with Gasteiger partial charge in [0.1, 0.15) is 10.6 Å². The fraction of sp³-hybridized carbons (Fsp3) is 0.214. The molecule has 1 aromatic carbocycles. The van der Waals surface area contributed by atoms with E-state index in [0.717, 1.165) is 5.56 Å². The highest BCUT2D eigenvalue weighted by molar-refractivity contribution is 9.10. The van der Waals surface area contributed by atoms with Crippen LogP contribution in [0.1, 0.15) is 11.1 Å². The summed E-state index contributed by atoms with van der Waals surface area (Å²) < 4.78 is 29.6. The maximum absolute atomic E-state index is 11.7. The Labute approximate surface area is 132 Å². The Kier molecular flexibility index (Phi) is 4.97. The zero-order valence-corrected chi connectivity index (χ0v) is 13.8. The highest BCUT2D eigenvalue weighted by atomic mass is 79.9. The third-order valence-electron chi connectivity index (χ3n) is 2.87. The molecule has 0 aliphatic rings. The van der Waals surface area contributed by atoms with E-state index in [9.17, 15) is 8.42 Å². The first-order valence-corrected chi connectivity index (χ1v) is 8.56. The summed E-state index contributed by atoms with van der Waals surface area (Å²) in [6, 6.07) is 7.01. The summed E-state index contributed by atoms with van der Waals surface area (Å²) in [6.45, 7) is 2.12. The first kappa shape index (κ1) is 15.9. The van der Waals surface area contributed by atoms with Crippen molar-refractivity contribution in [2.24, 2.45) is 5.14 Å². The molecule has 1 aromatic heterocycles. The predicted molar refractivity (Wildman–Crippen MR) is 83.7 cm³/mol. The van der Waals surface area contributed by atoms with Gasteiger partial charge in [0.2, 0.25) is 10.0 Å². The Bertz CT molecular complexity index is 733. The van der Waals surface area contributed by atoms with Crippen LogP contribution in [0.2, 0.25) is 0 Å². The van der Waals surface area contributed by atoms with Crippen molar-refractivity contribution in [1.82, 2.24) is 4.98 Å². The van der Waals surface area contributed by atoms with Crippen LogP contribution < -0.4 is 9.88 Å². The Morgan fingerprint density at radius 3 is 2.76 bits per heavy atom. The number of aryl methyl sites for hydroxylation is 1. The second-order valence-electron chi connectivity index (χ2n) is 4.55. The van der Waals surface area contributed by atoms with Crippen LogP contribution in [0.5, 0.6) is 5.75 Å². The first-order chi connectivity index (χ1) is 9.88. The topological polar surface area (TPSA) is 82.3 Å². The van der Waals surface area contributed by atoms with Crippen LogP contribution in [0.25, 0.3) is 0 Å². The molecule has 21 heavy (non-hydrogen) atoms. The summed E-state index contributed by atoms with van der Waals surface area (Å²) >= 11 is 3.26. The minimum atomic E-state index is -3.84. The van der Waals surface area contributed by atoms with Gasteiger partial charge in [-0.2, -0.15) is 0 Å². The number of nitrogens with two attached hydrogens (primary N) is 1. The maximum atomic E-state index is 11.7. The molecule has 0 bridgehead atoms. The molecule has 0 spiro atoms. The number of hydrogen-bond donors (Lipinski definition) is 1. The van der Waals surface area contributed by atoms with E-state index in [1.807, 2.05) is 12.1 Å². The number of pyridine rings is 1. The van der Waals surface area contributed by atoms with E-state index in [4.69, 9.17) is 9.88 Å². The lowest BCUT2D eigenvalue weighted by molar-refractivity contribution is 0.311. The zero-order chi connectivity index (χ0) is 15.5. The molecule has 0 saturated heterocycles. The van der Waals surface area contributed by atoms with Crippen LogP contribution in [-0.2, 0) is 16.4 Å². The molecule has 0 atom stereocenters. The lowest BCUT2D eigenvalue weighted by Gasteiger charge is -2.13. The monoisotopic (exact) mass is 370 g/mol. The summed E-state index contributed by atoms with van der Waals surface area (Å²) in [5.74, 6) is 0.296. The van der Waals surface area contributed by atoms with Gasteiger partial charge >= 0.3 is 0 Å².